The highest BCUT2D eigenvalue weighted by molar-refractivity contribution is 5.78. The Kier molecular flexibility index (Phi) is 3.92. The van der Waals surface area contributed by atoms with E-state index in [1.165, 1.54) is 49.3 Å². The van der Waals surface area contributed by atoms with Gasteiger partial charge >= 0.3 is 0 Å². The molecule has 126 valence electrons. The van der Waals surface area contributed by atoms with Crippen LogP contribution in [0.4, 0.5) is 0 Å². The van der Waals surface area contributed by atoms with Gasteiger partial charge in [0.15, 0.2) is 0 Å². The zero-order chi connectivity index (χ0) is 16.0. The van der Waals surface area contributed by atoms with Crippen molar-refractivity contribution in [3.63, 3.8) is 0 Å². The molecule has 1 unspecified atom stereocenters. The van der Waals surface area contributed by atoms with Gasteiger partial charge < -0.3 is 9.47 Å². The Labute approximate surface area is 138 Å². The summed E-state index contributed by atoms with van der Waals surface area (Å²) >= 11 is 0. The summed E-state index contributed by atoms with van der Waals surface area (Å²) in [5.41, 5.74) is 2.74. The molecule has 1 amide bonds. The van der Waals surface area contributed by atoms with E-state index in [-0.39, 0.29) is 5.91 Å². The first-order valence-corrected chi connectivity index (χ1v) is 9.19. The van der Waals surface area contributed by atoms with Crippen LogP contribution in [0.5, 0.6) is 0 Å². The molecule has 0 aromatic carbocycles. The molecule has 1 aromatic rings. The maximum Gasteiger partial charge on any atom is 0.236 e. The Morgan fingerprint density at radius 3 is 2.74 bits per heavy atom. The van der Waals surface area contributed by atoms with Gasteiger partial charge in [-0.3, -0.25) is 9.69 Å². The van der Waals surface area contributed by atoms with Gasteiger partial charge in [0.1, 0.15) is 5.82 Å². The molecular weight excluding hydrogens is 288 g/mol. The van der Waals surface area contributed by atoms with Crippen LogP contribution in [0.2, 0.25) is 0 Å². The standard InChI is InChI=1S/C18H28N4O/c1-20(13-9-10-13)17(23)12-22-11-5-8-16(22)18-19-14-6-3-4-7-15(14)21(18)2/h13,16H,3-12H2,1-2H3. The van der Waals surface area contributed by atoms with Crippen molar-refractivity contribution in [1.82, 2.24) is 19.4 Å². The normalized spacial score (nSPS) is 24.7. The Balaban J connectivity index is 1.51. The highest BCUT2D eigenvalue weighted by atomic mass is 16.2. The summed E-state index contributed by atoms with van der Waals surface area (Å²) in [4.78, 5) is 21.8. The van der Waals surface area contributed by atoms with Crippen molar-refractivity contribution in [3.8, 4) is 0 Å². The third kappa shape index (κ3) is 2.80. The van der Waals surface area contributed by atoms with E-state index in [2.05, 4.69) is 16.5 Å². The van der Waals surface area contributed by atoms with E-state index < -0.39 is 0 Å². The van der Waals surface area contributed by atoms with Crippen LogP contribution in [-0.4, -0.2) is 51.4 Å². The number of aromatic nitrogens is 2. The molecular formula is C18H28N4O. The van der Waals surface area contributed by atoms with Crippen molar-refractivity contribution in [3.05, 3.63) is 17.2 Å². The number of carbonyl (C=O) groups is 1. The molecule has 4 rings (SSSR count). The fourth-order valence-electron chi connectivity index (χ4n) is 4.26. The van der Waals surface area contributed by atoms with Gasteiger partial charge in [-0.05, 0) is 57.9 Å². The first-order valence-electron chi connectivity index (χ1n) is 9.19. The van der Waals surface area contributed by atoms with Gasteiger partial charge in [0.2, 0.25) is 5.91 Å². The zero-order valence-corrected chi connectivity index (χ0v) is 14.4. The second-order valence-electron chi connectivity index (χ2n) is 7.49. The average Bonchev–Trinajstić information content (AvgIpc) is 3.23. The lowest BCUT2D eigenvalue weighted by Gasteiger charge is -2.26. The van der Waals surface area contributed by atoms with Gasteiger partial charge in [-0.15, -0.1) is 0 Å². The lowest BCUT2D eigenvalue weighted by Crippen LogP contribution is -2.39. The molecule has 2 aliphatic carbocycles. The van der Waals surface area contributed by atoms with E-state index in [0.717, 1.165) is 25.8 Å². The summed E-state index contributed by atoms with van der Waals surface area (Å²) in [5, 5.41) is 0. The molecule has 1 saturated heterocycles. The number of aryl methyl sites for hydroxylation is 1. The quantitative estimate of drug-likeness (QED) is 0.854. The minimum Gasteiger partial charge on any atom is -0.342 e. The average molecular weight is 316 g/mol. The van der Waals surface area contributed by atoms with Crippen molar-refractivity contribution >= 4 is 5.91 Å². The molecule has 0 spiro atoms. The number of rotatable bonds is 4. The fraction of sp³-hybridized carbons (Fsp3) is 0.778. The van der Waals surface area contributed by atoms with Gasteiger partial charge in [-0.25, -0.2) is 4.98 Å². The van der Waals surface area contributed by atoms with Crippen LogP contribution in [0.3, 0.4) is 0 Å². The van der Waals surface area contributed by atoms with E-state index >= 15 is 0 Å². The molecule has 1 saturated carbocycles. The topological polar surface area (TPSA) is 41.4 Å². The van der Waals surface area contributed by atoms with Crippen molar-refractivity contribution in [1.29, 1.82) is 0 Å². The SMILES string of the molecule is CN(C(=O)CN1CCCC1c1nc2c(n1C)CCCC2)C1CC1. The van der Waals surface area contributed by atoms with Gasteiger partial charge in [0, 0.05) is 25.8 Å². The molecule has 0 bridgehead atoms. The van der Waals surface area contributed by atoms with E-state index in [1.54, 1.807) is 0 Å². The molecule has 1 aliphatic heterocycles. The summed E-state index contributed by atoms with van der Waals surface area (Å²) in [5.74, 6) is 1.47. The first kappa shape index (κ1) is 15.2. The molecule has 2 fully saturated rings. The number of hydrogen-bond acceptors (Lipinski definition) is 3. The van der Waals surface area contributed by atoms with Crippen LogP contribution in [0.25, 0.3) is 0 Å². The second-order valence-corrected chi connectivity index (χ2v) is 7.49. The largest absolute Gasteiger partial charge is 0.342 e. The molecule has 5 nitrogen and oxygen atoms in total. The molecule has 2 heterocycles. The molecule has 23 heavy (non-hydrogen) atoms. The van der Waals surface area contributed by atoms with Crippen molar-refractivity contribution in [2.24, 2.45) is 7.05 Å². The van der Waals surface area contributed by atoms with Crippen LogP contribution < -0.4 is 0 Å². The van der Waals surface area contributed by atoms with Crippen LogP contribution in [0, 0.1) is 0 Å². The monoisotopic (exact) mass is 316 g/mol. The van der Waals surface area contributed by atoms with Crippen LogP contribution >= 0.6 is 0 Å². The predicted molar refractivity (Wildman–Crippen MR) is 89.2 cm³/mol. The minimum atomic E-state index is 0.276. The number of likely N-dealkylation sites (tertiary alicyclic amines) is 1. The van der Waals surface area contributed by atoms with Gasteiger partial charge in [0.25, 0.3) is 0 Å². The lowest BCUT2D eigenvalue weighted by atomic mass is 10.0. The maximum absolute atomic E-state index is 12.5. The highest BCUT2D eigenvalue weighted by Crippen LogP contribution is 2.34. The van der Waals surface area contributed by atoms with E-state index in [1.807, 2.05) is 11.9 Å². The smallest absolute Gasteiger partial charge is 0.236 e. The number of hydrogen-bond donors (Lipinski definition) is 0. The summed E-state index contributed by atoms with van der Waals surface area (Å²) in [7, 11) is 4.13. The van der Waals surface area contributed by atoms with Crippen molar-refractivity contribution < 1.29 is 4.79 Å². The van der Waals surface area contributed by atoms with Crippen LogP contribution in [-0.2, 0) is 24.7 Å². The first-order chi connectivity index (χ1) is 11.1. The molecule has 0 N–H and O–H groups in total. The second kappa shape index (κ2) is 5.93. The Bertz CT molecular complexity index is 604. The summed E-state index contributed by atoms with van der Waals surface area (Å²) in [6.45, 7) is 1.57. The lowest BCUT2D eigenvalue weighted by molar-refractivity contribution is -0.131. The molecule has 5 heteroatoms. The van der Waals surface area contributed by atoms with Crippen molar-refractivity contribution in [2.45, 2.75) is 63.5 Å². The summed E-state index contributed by atoms with van der Waals surface area (Å²) in [6.07, 6.45) is 9.49. The van der Waals surface area contributed by atoms with Crippen molar-refractivity contribution in [2.75, 3.05) is 20.1 Å². The number of nitrogens with zero attached hydrogens (tertiary/aromatic N) is 4. The van der Waals surface area contributed by atoms with Gasteiger partial charge in [-0.1, -0.05) is 0 Å². The molecule has 1 aromatic heterocycles. The number of amides is 1. The number of fused-ring (bicyclic) bond motifs is 1. The van der Waals surface area contributed by atoms with Gasteiger partial charge in [0.05, 0.1) is 18.3 Å². The number of carbonyl (C=O) groups excluding carboxylic acids is 1. The van der Waals surface area contributed by atoms with E-state index in [0.29, 0.717) is 18.6 Å². The number of imidazole rings is 1. The zero-order valence-electron chi connectivity index (χ0n) is 14.4. The third-order valence-corrected chi connectivity index (χ3v) is 5.90. The van der Waals surface area contributed by atoms with E-state index in [9.17, 15) is 4.79 Å². The number of likely N-dealkylation sites (N-methyl/N-ethyl adjacent to an activating group) is 1. The van der Waals surface area contributed by atoms with Crippen LogP contribution in [0.15, 0.2) is 0 Å². The van der Waals surface area contributed by atoms with Crippen LogP contribution in [0.1, 0.15) is 61.8 Å². The fourth-order valence-corrected chi connectivity index (χ4v) is 4.26. The molecule has 0 radical (unpaired) electrons. The molecule has 1 atom stereocenters. The minimum absolute atomic E-state index is 0.276. The summed E-state index contributed by atoms with van der Waals surface area (Å²) < 4.78 is 2.33. The van der Waals surface area contributed by atoms with E-state index in [4.69, 9.17) is 4.98 Å². The Morgan fingerprint density at radius 1 is 1.22 bits per heavy atom. The maximum atomic E-state index is 12.5. The summed E-state index contributed by atoms with van der Waals surface area (Å²) in [6, 6.07) is 0.825. The molecule has 3 aliphatic rings. The van der Waals surface area contributed by atoms with Gasteiger partial charge in [-0.2, -0.15) is 0 Å². The Morgan fingerprint density at radius 2 is 2.00 bits per heavy atom. The third-order valence-electron chi connectivity index (χ3n) is 5.90. The highest BCUT2D eigenvalue weighted by Gasteiger charge is 2.35. The predicted octanol–water partition coefficient (Wildman–Crippen LogP) is 2.06. The Hall–Kier alpha value is -1.36.